The van der Waals surface area contributed by atoms with E-state index in [-0.39, 0.29) is 12.4 Å². The number of nitrogens with zero attached hydrogens (tertiary/aromatic N) is 1. The summed E-state index contributed by atoms with van der Waals surface area (Å²) in [7, 11) is 1.64. The number of methoxy groups -OCH3 is 1. The minimum absolute atomic E-state index is 0.139. The molecule has 0 saturated carbocycles. The van der Waals surface area contributed by atoms with E-state index in [0.717, 1.165) is 11.3 Å². The fourth-order valence-electron chi connectivity index (χ4n) is 2.13. The summed E-state index contributed by atoms with van der Waals surface area (Å²) in [6, 6.07) is 7.78. The summed E-state index contributed by atoms with van der Waals surface area (Å²) < 4.78 is 5.18. The van der Waals surface area contributed by atoms with E-state index in [2.05, 4.69) is 10.3 Å². The molecule has 5 heteroatoms. The van der Waals surface area contributed by atoms with Gasteiger partial charge in [0.15, 0.2) is 0 Å². The third-order valence-electron chi connectivity index (χ3n) is 3.37. The van der Waals surface area contributed by atoms with Gasteiger partial charge in [-0.25, -0.2) is 0 Å². The average molecular weight is 288 g/mol. The van der Waals surface area contributed by atoms with Crippen LogP contribution in [0.4, 0.5) is 0 Å². The van der Waals surface area contributed by atoms with Crippen LogP contribution in [0, 0.1) is 6.92 Å². The molecular weight excluding hydrogens is 268 g/mol. The van der Waals surface area contributed by atoms with Crippen molar-refractivity contribution in [1.29, 1.82) is 0 Å². The molecule has 2 rings (SSSR count). The smallest absolute Gasteiger partial charge is 0.141 e. The minimum Gasteiger partial charge on any atom is -0.506 e. The molecule has 21 heavy (non-hydrogen) atoms. The van der Waals surface area contributed by atoms with Crippen LogP contribution in [0.15, 0.2) is 30.5 Å². The Balaban J connectivity index is 2.04. The van der Waals surface area contributed by atoms with Crippen LogP contribution in [0.3, 0.4) is 0 Å². The summed E-state index contributed by atoms with van der Waals surface area (Å²) in [5, 5.41) is 22.6. The Hall–Kier alpha value is -2.11. The maximum atomic E-state index is 10.1. The van der Waals surface area contributed by atoms with Gasteiger partial charge in [-0.1, -0.05) is 12.1 Å². The first-order chi connectivity index (χ1) is 10.2. The second kappa shape index (κ2) is 7.06. The van der Waals surface area contributed by atoms with Gasteiger partial charge in [-0.15, -0.1) is 0 Å². The molecule has 112 valence electrons. The number of aryl methyl sites for hydroxylation is 1. The van der Waals surface area contributed by atoms with Crippen LogP contribution < -0.4 is 10.1 Å². The molecule has 0 bridgehead atoms. The molecule has 0 unspecified atom stereocenters. The van der Waals surface area contributed by atoms with Gasteiger partial charge in [0.25, 0.3) is 0 Å². The predicted octanol–water partition coefficient (Wildman–Crippen LogP) is 1.89. The average Bonchev–Trinajstić information content (AvgIpc) is 2.52. The molecule has 1 aromatic carbocycles. The Bertz CT molecular complexity index is 614. The van der Waals surface area contributed by atoms with E-state index in [1.54, 1.807) is 20.2 Å². The van der Waals surface area contributed by atoms with Crippen LogP contribution >= 0.6 is 0 Å². The highest BCUT2D eigenvalue weighted by Gasteiger charge is 2.10. The van der Waals surface area contributed by atoms with E-state index < -0.39 is 0 Å². The van der Waals surface area contributed by atoms with Crippen molar-refractivity contribution in [3.63, 3.8) is 0 Å². The van der Waals surface area contributed by atoms with Gasteiger partial charge >= 0.3 is 0 Å². The van der Waals surface area contributed by atoms with Gasteiger partial charge in [0, 0.05) is 30.4 Å². The molecule has 5 nitrogen and oxygen atoms in total. The molecule has 0 aliphatic heterocycles. The normalized spacial score (nSPS) is 10.6. The largest absolute Gasteiger partial charge is 0.506 e. The van der Waals surface area contributed by atoms with Gasteiger partial charge in [0.2, 0.25) is 0 Å². The number of benzene rings is 1. The number of aliphatic hydroxyl groups is 1. The summed E-state index contributed by atoms with van der Waals surface area (Å²) in [6.07, 6.45) is 1.59. The molecule has 0 atom stereocenters. The molecule has 0 amide bonds. The molecule has 0 spiro atoms. The highest BCUT2D eigenvalue weighted by Crippen LogP contribution is 2.23. The Morgan fingerprint density at radius 3 is 2.81 bits per heavy atom. The Morgan fingerprint density at radius 1 is 1.29 bits per heavy atom. The van der Waals surface area contributed by atoms with Gasteiger partial charge < -0.3 is 20.3 Å². The van der Waals surface area contributed by atoms with Crippen LogP contribution in [-0.4, -0.2) is 22.3 Å². The number of aromatic hydroxyl groups is 1. The van der Waals surface area contributed by atoms with Gasteiger partial charge in [0.05, 0.1) is 19.4 Å². The van der Waals surface area contributed by atoms with E-state index in [9.17, 15) is 10.2 Å². The van der Waals surface area contributed by atoms with Crippen molar-refractivity contribution < 1.29 is 14.9 Å². The molecule has 0 aliphatic carbocycles. The zero-order valence-corrected chi connectivity index (χ0v) is 12.3. The maximum absolute atomic E-state index is 10.1. The number of aliphatic hydroxyl groups excluding tert-OH is 1. The molecule has 2 aromatic rings. The van der Waals surface area contributed by atoms with Gasteiger partial charge in [-0.3, -0.25) is 4.98 Å². The number of hydrogen-bond acceptors (Lipinski definition) is 5. The van der Waals surface area contributed by atoms with Crippen molar-refractivity contribution in [2.45, 2.75) is 26.6 Å². The van der Waals surface area contributed by atoms with Crippen molar-refractivity contribution in [1.82, 2.24) is 10.3 Å². The third-order valence-corrected chi connectivity index (χ3v) is 3.37. The fourth-order valence-corrected chi connectivity index (χ4v) is 2.13. The molecule has 0 radical (unpaired) electrons. The second-order valence-corrected chi connectivity index (χ2v) is 4.81. The van der Waals surface area contributed by atoms with E-state index >= 15 is 0 Å². The fraction of sp³-hybridized carbons (Fsp3) is 0.312. The monoisotopic (exact) mass is 288 g/mol. The molecule has 1 aromatic heterocycles. The number of pyridine rings is 1. The molecule has 1 heterocycles. The number of ether oxygens (including phenoxy) is 1. The van der Waals surface area contributed by atoms with Gasteiger partial charge in [-0.05, 0) is 24.6 Å². The van der Waals surface area contributed by atoms with Crippen LogP contribution in [0.5, 0.6) is 11.5 Å². The van der Waals surface area contributed by atoms with Crippen LogP contribution in [0.25, 0.3) is 0 Å². The molecular formula is C16H20N2O3. The predicted molar refractivity (Wildman–Crippen MR) is 80.1 cm³/mol. The van der Waals surface area contributed by atoms with Crippen molar-refractivity contribution >= 4 is 0 Å². The quantitative estimate of drug-likeness (QED) is 0.757. The number of nitrogens with one attached hydrogen (secondary N) is 1. The van der Waals surface area contributed by atoms with Crippen molar-refractivity contribution in [3.8, 4) is 11.5 Å². The van der Waals surface area contributed by atoms with Crippen LogP contribution in [0.1, 0.15) is 22.4 Å². The first-order valence-corrected chi connectivity index (χ1v) is 6.76. The molecule has 0 fully saturated rings. The molecule has 3 N–H and O–H groups in total. The SMILES string of the molecule is COc1cccc(CNCc2c(CO)cnc(C)c2O)c1. The van der Waals surface area contributed by atoms with E-state index in [4.69, 9.17) is 4.74 Å². The topological polar surface area (TPSA) is 74.6 Å². The first-order valence-electron chi connectivity index (χ1n) is 6.76. The lowest BCUT2D eigenvalue weighted by Crippen LogP contribution is -2.15. The lowest BCUT2D eigenvalue weighted by Gasteiger charge is -2.12. The number of hydrogen-bond donors (Lipinski definition) is 3. The highest BCUT2D eigenvalue weighted by atomic mass is 16.5. The van der Waals surface area contributed by atoms with Crippen LogP contribution in [0.2, 0.25) is 0 Å². The summed E-state index contributed by atoms with van der Waals surface area (Å²) >= 11 is 0. The number of rotatable bonds is 6. The standard InChI is InChI=1S/C16H20N2O3/c1-11-16(20)15(13(10-19)8-18-11)9-17-7-12-4-3-5-14(6-12)21-2/h3-6,8,17,19-20H,7,9-10H2,1-2H3. The molecule has 0 saturated heterocycles. The summed E-state index contributed by atoms with van der Waals surface area (Å²) in [5.74, 6) is 0.952. The zero-order chi connectivity index (χ0) is 15.2. The zero-order valence-electron chi connectivity index (χ0n) is 12.3. The Labute approximate surface area is 124 Å². The van der Waals surface area contributed by atoms with Gasteiger partial charge in [-0.2, -0.15) is 0 Å². The third kappa shape index (κ3) is 3.71. The number of aromatic nitrogens is 1. The minimum atomic E-state index is -0.142. The van der Waals surface area contributed by atoms with Gasteiger partial charge in [0.1, 0.15) is 11.5 Å². The summed E-state index contributed by atoms with van der Waals surface area (Å²) in [4.78, 5) is 4.04. The first kappa shape index (κ1) is 15.3. The second-order valence-electron chi connectivity index (χ2n) is 4.81. The Kier molecular flexibility index (Phi) is 5.14. The summed E-state index contributed by atoms with van der Waals surface area (Å²) in [5.41, 5.74) is 2.97. The van der Waals surface area contributed by atoms with Crippen molar-refractivity contribution in [2.24, 2.45) is 0 Å². The molecule has 0 aliphatic rings. The van der Waals surface area contributed by atoms with Crippen LogP contribution in [-0.2, 0) is 19.7 Å². The van der Waals surface area contributed by atoms with Crippen molar-refractivity contribution in [3.05, 3.63) is 52.8 Å². The lowest BCUT2D eigenvalue weighted by atomic mass is 10.1. The highest BCUT2D eigenvalue weighted by molar-refractivity contribution is 5.40. The van der Waals surface area contributed by atoms with Crippen molar-refractivity contribution in [2.75, 3.05) is 7.11 Å². The lowest BCUT2D eigenvalue weighted by molar-refractivity contribution is 0.278. The van der Waals surface area contributed by atoms with E-state index in [1.807, 2.05) is 24.3 Å². The Morgan fingerprint density at radius 2 is 2.10 bits per heavy atom. The maximum Gasteiger partial charge on any atom is 0.141 e. The summed E-state index contributed by atoms with van der Waals surface area (Å²) in [6.45, 7) is 2.70. The van der Waals surface area contributed by atoms with E-state index in [1.165, 1.54) is 0 Å². The van der Waals surface area contributed by atoms with E-state index in [0.29, 0.717) is 29.9 Å².